The second-order valence-electron chi connectivity index (χ2n) is 6.90. The topological polar surface area (TPSA) is 118 Å². The Bertz CT molecular complexity index is 932. The van der Waals surface area contributed by atoms with E-state index in [4.69, 9.17) is 28.0 Å². The summed E-state index contributed by atoms with van der Waals surface area (Å²) in [4.78, 5) is 0. The Morgan fingerprint density at radius 1 is 1.25 bits per heavy atom. The molecule has 0 amide bonds. The van der Waals surface area contributed by atoms with Gasteiger partial charge in [0.05, 0.1) is 5.69 Å². The number of amidine groups is 1. The Morgan fingerprint density at radius 3 is 2.54 bits per heavy atom. The molecule has 2 aromatic carbocycles. The number of hydrazone groups is 1. The van der Waals surface area contributed by atoms with Gasteiger partial charge in [-0.15, -0.1) is 0 Å². The number of aliphatic hydroxyl groups is 1. The van der Waals surface area contributed by atoms with Crippen LogP contribution >= 0.6 is 11.6 Å². The number of nitrogens with zero attached hydrogens (tertiary/aromatic N) is 2. The van der Waals surface area contributed by atoms with E-state index in [9.17, 15) is 5.11 Å². The van der Waals surface area contributed by atoms with Crippen LogP contribution in [0.2, 0.25) is 5.02 Å². The molecule has 3 rings (SSSR count). The largest absolute Gasteiger partial charge is 0.382 e. The van der Waals surface area contributed by atoms with Crippen molar-refractivity contribution in [1.82, 2.24) is 0 Å². The molecule has 1 aliphatic rings. The minimum Gasteiger partial charge on any atom is -0.382 e. The predicted octanol–water partition coefficient (Wildman–Crippen LogP) is 3.99. The van der Waals surface area contributed by atoms with Crippen molar-refractivity contribution in [2.45, 2.75) is 31.3 Å². The molecule has 1 fully saturated rings. The van der Waals surface area contributed by atoms with Crippen molar-refractivity contribution < 1.29 is 5.11 Å². The molecule has 7 heteroatoms. The molecule has 0 aromatic heterocycles. The Balaban J connectivity index is 2.14. The van der Waals surface area contributed by atoms with Crippen molar-refractivity contribution in [3.63, 3.8) is 0 Å². The van der Waals surface area contributed by atoms with Crippen LogP contribution in [-0.4, -0.2) is 16.7 Å². The number of hydrogen-bond acceptors (Lipinski definition) is 5. The summed E-state index contributed by atoms with van der Waals surface area (Å²) >= 11 is 6.28. The standard InChI is InChI=1S/C21H22ClN5O/c22-16-10-11-18(26-27-19(13-23)20(24)25)17(12-16)21(28,15-8-4-5-9-15)14-6-2-1-3-7-14/h1-3,6-7,10-12,15,26,28H,4-5,8-9H2,(H3,24,25)/b27-19+. The Kier molecular flexibility index (Phi) is 5.98. The van der Waals surface area contributed by atoms with E-state index in [0.717, 1.165) is 31.2 Å². The lowest BCUT2D eigenvalue weighted by Gasteiger charge is -2.36. The third-order valence-electron chi connectivity index (χ3n) is 5.20. The van der Waals surface area contributed by atoms with Gasteiger partial charge in [0.1, 0.15) is 11.7 Å². The van der Waals surface area contributed by atoms with E-state index in [-0.39, 0.29) is 11.6 Å². The average Bonchev–Trinajstić information content (AvgIpc) is 3.24. The normalized spacial score (nSPS) is 17.0. The number of anilines is 1. The molecule has 5 N–H and O–H groups in total. The van der Waals surface area contributed by atoms with Gasteiger partial charge in [-0.05, 0) is 42.5 Å². The van der Waals surface area contributed by atoms with Crippen LogP contribution in [0.1, 0.15) is 36.8 Å². The number of rotatable bonds is 6. The first-order valence-corrected chi connectivity index (χ1v) is 9.50. The number of nitrogens with two attached hydrogens (primary N) is 1. The highest BCUT2D eigenvalue weighted by atomic mass is 35.5. The lowest BCUT2D eigenvalue weighted by atomic mass is 9.74. The maximum atomic E-state index is 12.0. The summed E-state index contributed by atoms with van der Waals surface area (Å²) in [5.74, 6) is -0.402. The number of nitrogens with one attached hydrogen (secondary N) is 2. The van der Waals surface area contributed by atoms with Crippen LogP contribution in [0.25, 0.3) is 0 Å². The van der Waals surface area contributed by atoms with E-state index in [1.807, 2.05) is 30.3 Å². The molecule has 6 nitrogen and oxygen atoms in total. The quantitative estimate of drug-likeness (QED) is 0.336. The van der Waals surface area contributed by atoms with Crippen LogP contribution in [0.3, 0.4) is 0 Å². The van der Waals surface area contributed by atoms with Crippen LogP contribution in [0, 0.1) is 22.7 Å². The molecule has 1 saturated carbocycles. The third kappa shape index (κ3) is 3.86. The summed E-state index contributed by atoms with van der Waals surface area (Å²) in [6.45, 7) is 0. The maximum Gasteiger partial charge on any atom is 0.201 e. The molecule has 0 spiro atoms. The van der Waals surface area contributed by atoms with Gasteiger partial charge in [-0.1, -0.05) is 54.8 Å². The SMILES string of the molecule is N#C/C(=N\Nc1ccc(Cl)cc1C(O)(c1ccccc1)C1CCCC1)C(=N)N. The molecule has 1 unspecified atom stereocenters. The van der Waals surface area contributed by atoms with Crippen LogP contribution in [0.5, 0.6) is 0 Å². The van der Waals surface area contributed by atoms with Gasteiger partial charge in [0.15, 0.2) is 5.84 Å². The fourth-order valence-corrected chi connectivity index (χ4v) is 4.01. The minimum atomic E-state index is -1.26. The zero-order valence-corrected chi connectivity index (χ0v) is 16.1. The van der Waals surface area contributed by atoms with Gasteiger partial charge in [0, 0.05) is 10.6 Å². The van der Waals surface area contributed by atoms with E-state index in [2.05, 4.69) is 10.5 Å². The fourth-order valence-electron chi connectivity index (χ4n) is 3.84. The molecule has 0 saturated heterocycles. The van der Waals surface area contributed by atoms with Crippen molar-refractivity contribution in [2.24, 2.45) is 16.8 Å². The summed E-state index contributed by atoms with van der Waals surface area (Å²) in [5.41, 5.74) is 8.55. The molecule has 0 heterocycles. The highest BCUT2D eigenvalue weighted by Gasteiger charge is 2.43. The summed E-state index contributed by atoms with van der Waals surface area (Å²) in [6.07, 6.45) is 3.92. The van der Waals surface area contributed by atoms with Crippen LogP contribution < -0.4 is 11.2 Å². The van der Waals surface area contributed by atoms with Gasteiger partial charge in [0.2, 0.25) is 5.71 Å². The third-order valence-corrected chi connectivity index (χ3v) is 5.44. The molecule has 28 heavy (non-hydrogen) atoms. The second-order valence-corrected chi connectivity index (χ2v) is 7.34. The van der Waals surface area contributed by atoms with Gasteiger partial charge in [-0.25, -0.2) is 0 Å². The lowest BCUT2D eigenvalue weighted by Crippen LogP contribution is -2.36. The van der Waals surface area contributed by atoms with Crippen LogP contribution in [-0.2, 0) is 5.60 Å². The fraction of sp³-hybridized carbons (Fsp3) is 0.286. The van der Waals surface area contributed by atoms with Gasteiger partial charge >= 0.3 is 0 Å². The Labute approximate surface area is 169 Å². The monoisotopic (exact) mass is 395 g/mol. The first-order chi connectivity index (χ1) is 13.5. The second kappa shape index (κ2) is 8.42. The van der Waals surface area contributed by atoms with Gasteiger partial charge < -0.3 is 10.8 Å². The number of benzene rings is 2. The predicted molar refractivity (Wildman–Crippen MR) is 111 cm³/mol. The first-order valence-electron chi connectivity index (χ1n) is 9.13. The molecule has 2 aromatic rings. The van der Waals surface area contributed by atoms with Crippen molar-refractivity contribution >= 4 is 28.8 Å². The average molecular weight is 396 g/mol. The van der Waals surface area contributed by atoms with Crippen LogP contribution in [0.4, 0.5) is 5.69 Å². The summed E-state index contributed by atoms with van der Waals surface area (Å²) in [7, 11) is 0. The number of hydrogen-bond donors (Lipinski definition) is 4. The molecule has 0 radical (unpaired) electrons. The van der Waals surface area contributed by atoms with Gasteiger partial charge in [-0.3, -0.25) is 10.8 Å². The minimum absolute atomic E-state index is 0.0288. The molecule has 0 aliphatic heterocycles. The van der Waals surface area contributed by atoms with E-state index < -0.39 is 11.4 Å². The van der Waals surface area contributed by atoms with Crippen molar-refractivity contribution in [3.05, 3.63) is 64.7 Å². The first kappa shape index (κ1) is 19.9. The van der Waals surface area contributed by atoms with Crippen molar-refractivity contribution in [2.75, 3.05) is 5.43 Å². The lowest BCUT2D eigenvalue weighted by molar-refractivity contribution is 0.0195. The molecular formula is C21H22ClN5O. The highest BCUT2D eigenvalue weighted by Crippen LogP contribution is 2.47. The summed E-state index contributed by atoms with van der Waals surface area (Å²) in [6, 6.07) is 16.4. The Hall–Kier alpha value is -2.88. The summed E-state index contributed by atoms with van der Waals surface area (Å²) in [5, 5.41) is 32.9. The van der Waals surface area contributed by atoms with Crippen molar-refractivity contribution in [3.8, 4) is 6.07 Å². The van der Waals surface area contributed by atoms with Crippen molar-refractivity contribution in [1.29, 1.82) is 10.7 Å². The van der Waals surface area contributed by atoms with Gasteiger partial charge in [0.25, 0.3) is 0 Å². The van der Waals surface area contributed by atoms with E-state index in [0.29, 0.717) is 16.3 Å². The zero-order valence-electron chi connectivity index (χ0n) is 15.3. The smallest absolute Gasteiger partial charge is 0.201 e. The molecule has 0 bridgehead atoms. The maximum absolute atomic E-state index is 12.0. The summed E-state index contributed by atoms with van der Waals surface area (Å²) < 4.78 is 0. The number of halogens is 1. The number of nitriles is 1. The van der Waals surface area contributed by atoms with Crippen LogP contribution in [0.15, 0.2) is 53.6 Å². The molecule has 144 valence electrons. The highest BCUT2D eigenvalue weighted by molar-refractivity contribution is 6.45. The van der Waals surface area contributed by atoms with E-state index >= 15 is 0 Å². The van der Waals surface area contributed by atoms with E-state index in [1.54, 1.807) is 24.3 Å². The molecule has 1 aliphatic carbocycles. The molecule has 1 atom stereocenters. The van der Waals surface area contributed by atoms with Gasteiger partial charge in [-0.2, -0.15) is 10.4 Å². The van der Waals surface area contributed by atoms with E-state index in [1.165, 1.54) is 0 Å². The Morgan fingerprint density at radius 2 is 1.93 bits per heavy atom. The zero-order chi connectivity index (χ0) is 20.1. The molecular weight excluding hydrogens is 374 g/mol.